The van der Waals surface area contributed by atoms with Crippen molar-refractivity contribution in [1.29, 1.82) is 0 Å². The zero-order chi connectivity index (χ0) is 21.8. The smallest absolute Gasteiger partial charge is 0.410 e. The van der Waals surface area contributed by atoms with Gasteiger partial charge in [-0.2, -0.15) is 5.10 Å². The SMILES string of the molecule is CCOC(=O)c1c2c(nn1CCC(N)C(=O)OC)CCN(C(=O)OC(C)(C)C)C2. The molecule has 0 radical (unpaired) electrons. The molecular formula is C19H30N4O6. The van der Waals surface area contributed by atoms with Crippen molar-refractivity contribution in [3.63, 3.8) is 0 Å². The average Bonchev–Trinajstić information content (AvgIpc) is 3.01. The molecule has 1 aromatic rings. The predicted molar refractivity (Wildman–Crippen MR) is 103 cm³/mol. The topological polar surface area (TPSA) is 126 Å². The number of nitrogens with zero attached hydrogens (tertiary/aromatic N) is 3. The second-order valence-electron chi connectivity index (χ2n) is 7.79. The Morgan fingerprint density at radius 1 is 1.28 bits per heavy atom. The van der Waals surface area contributed by atoms with E-state index in [0.717, 1.165) is 5.69 Å². The van der Waals surface area contributed by atoms with Crippen molar-refractivity contribution >= 4 is 18.0 Å². The summed E-state index contributed by atoms with van der Waals surface area (Å²) >= 11 is 0. The number of methoxy groups -OCH3 is 1. The van der Waals surface area contributed by atoms with Gasteiger partial charge in [0.1, 0.15) is 11.6 Å². The summed E-state index contributed by atoms with van der Waals surface area (Å²) in [6.45, 7) is 8.18. The number of carbonyl (C=O) groups is 3. The molecule has 2 N–H and O–H groups in total. The Morgan fingerprint density at radius 2 is 1.97 bits per heavy atom. The number of nitrogens with two attached hydrogens (primary N) is 1. The number of carbonyl (C=O) groups excluding carboxylic acids is 3. The van der Waals surface area contributed by atoms with E-state index in [2.05, 4.69) is 9.84 Å². The summed E-state index contributed by atoms with van der Waals surface area (Å²) in [5.41, 5.74) is 6.81. The van der Waals surface area contributed by atoms with Gasteiger partial charge in [-0.1, -0.05) is 0 Å². The van der Waals surface area contributed by atoms with Crippen LogP contribution in [0, 0.1) is 0 Å². The summed E-state index contributed by atoms with van der Waals surface area (Å²) in [4.78, 5) is 38.1. The van der Waals surface area contributed by atoms with Crippen molar-refractivity contribution in [2.45, 2.75) is 65.3 Å². The lowest BCUT2D eigenvalue weighted by molar-refractivity contribution is -0.142. The first-order valence-corrected chi connectivity index (χ1v) is 9.64. The summed E-state index contributed by atoms with van der Waals surface area (Å²) in [6, 6.07) is -0.825. The third kappa shape index (κ3) is 5.69. The largest absolute Gasteiger partial charge is 0.468 e. The summed E-state index contributed by atoms with van der Waals surface area (Å²) in [5.74, 6) is -1.06. The molecule has 2 heterocycles. The number of aromatic nitrogens is 2. The molecular weight excluding hydrogens is 380 g/mol. The van der Waals surface area contributed by atoms with Gasteiger partial charge in [0, 0.05) is 25.1 Å². The Morgan fingerprint density at radius 3 is 2.55 bits per heavy atom. The minimum Gasteiger partial charge on any atom is -0.468 e. The van der Waals surface area contributed by atoms with Crippen LogP contribution in [0.1, 0.15) is 55.9 Å². The monoisotopic (exact) mass is 410 g/mol. The van der Waals surface area contributed by atoms with Crippen molar-refractivity contribution in [2.24, 2.45) is 5.73 Å². The lowest BCUT2D eigenvalue weighted by Crippen LogP contribution is -2.40. The van der Waals surface area contributed by atoms with E-state index in [9.17, 15) is 14.4 Å². The Labute approximate surface area is 170 Å². The quantitative estimate of drug-likeness (QED) is 0.548. The number of fused-ring (bicyclic) bond motifs is 1. The Kier molecular flexibility index (Phi) is 7.23. The van der Waals surface area contributed by atoms with Crippen LogP contribution in [0.4, 0.5) is 4.79 Å². The normalized spacial score (nSPS) is 14.8. The molecule has 162 valence electrons. The van der Waals surface area contributed by atoms with E-state index in [1.165, 1.54) is 11.8 Å². The van der Waals surface area contributed by atoms with E-state index in [1.54, 1.807) is 32.6 Å². The lowest BCUT2D eigenvalue weighted by Gasteiger charge is -2.29. The van der Waals surface area contributed by atoms with E-state index in [-0.39, 0.29) is 31.8 Å². The van der Waals surface area contributed by atoms with Crippen LogP contribution < -0.4 is 5.73 Å². The predicted octanol–water partition coefficient (Wildman–Crippen LogP) is 1.24. The van der Waals surface area contributed by atoms with Gasteiger partial charge in [0.25, 0.3) is 0 Å². The van der Waals surface area contributed by atoms with Crippen LogP contribution in [-0.2, 0) is 38.5 Å². The van der Waals surface area contributed by atoms with Crippen molar-refractivity contribution in [3.05, 3.63) is 17.0 Å². The fourth-order valence-electron chi connectivity index (χ4n) is 3.03. The van der Waals surface area contributed by atoms with Gasteiger partial charge in [0.15, 0.2) is 5.69 Å². The van der Waals surface area contributed by atoms with Gasteiger partial charge in [-0.15, -0.1) is 0 Å². The highest BCUT2D eigenvalue weighted by Gasteiger charge is 2.33. The Balaban J connectivity index is 2.26. The summed E-state index contributed by atoms with van der Waals surface area (Å²) < 4.78 is 16.8. The van der Waals surface area contributed by atoms with Gasteiger partial charge in [0.05, 0.1) is 26.0 Å². The van der Waals surface area contributed by atoms with Gasteiger partial charge in [-0.3, -0.25) is 9.48 Å². The Bertz CT molecular complexity index is 767. The van der Waals surface area contributed by atoms with E-state index in [1.807, 2.05) is 0 Å². The first kappa shape index (κ1) is 22.7. The molecule has 0 fully saturated rings. The number of aryl methyl sites for hydroxylation is 1. The number of hydrogen-bond donors (Lipinski definition) is 1. The second kappa shape index (κ2) is 9.25. The molecule has 2 rings (SSSR count). The molecule has 1 atom stereocenters. The first-order chi connectivity index (χ1) is 13.6. The van der Waals surface area contributed by atoms with Crippen molar-refractivity contribution in [1.82, 2.24) is 14.7 Å². The molecule has 0 saturated carbocycles. The number of esters is 2. The van der Waals surface area contributed by atoms with Gasteiger partial charge >= 0.3 is 18.0 Å². The van der Waals surface area contributed by atoms with Crippen LogP contribution in [0.25, 0.3) is 0 Å². The molecule has 0 saturated heterocycles. The van der Waals surface area contributed by atoms with E-state index >= 15 is 0 Å². The molecule has 10 nitrogen and oxygen atoms in total. The Hall–Kier alpha value is -2.62. The van der Waals surface area contributed by atoms with E-state index in [4.69, 9.17) is 15.2 Å². The van der Waals surface area contributed by atoms with Gasteiger partial charge < -0.3 is 24.8 Å². The van der Waals surface area contributed by atoms with Gasteiger partial charge in [-0.25, -0.2) is 9.59 Å². The van der Waals surface area contributed by atoms with Gasteiger partial charge in [0.2, 0.25) is 0 Å². The van der Waals surface area contributed by atoms with Crippen molar-refractivity contribution in [2.75, 3.05) is 20.3 Å². The second-order valence-corrected chi connectivity index (χ2v) is 7.79. The molecule has 1 unspecified atom stereocenters. The molecule has 1 amide bonds. The standard InChI is InChI=1S/C19H30N4O6/c1-6-28-17(25)15-12-11-22(18(26)29-19(2,3)4)9-8-14(12)21-23(15)10-7-13(20)16(24)27-5/h13H,6-11,20H2,1-5H3. The minimum atomic E-state index is -0.825. The molecule has 1 aliphatic rings. The number of hydrogen-bond acceptors (Lipinski definition) is 8. The third-order valence-electron chi connectivity index (χ3n) is 4.38. The lowest BCUT2D eigenvalue weighted by atomic mass is 10.1. The van der Waals surface area contributed by atoms with Crippen LogP contribution in [0.5, 0.6) is 0 Å². The molecule has 0 aromatic carbocycles. The molecule has 1 aromatic heterocycles. The molecule has 1 aliphatic heterocycles. The van der Waals surface area contributed by atoms with Crippen LogP contribution in [0.3, 0.4) is 0 Å². The maximum absolute atomic E-state index is 12.6. The van der Waals surface area contributed by atoms with E-state index < -0.39 is 29.7 Å². The maximum atomic E-state index is 12.6. The molecule has 0 bridgehead atoms. The van der Waals surface area contributed by atoms with Crippen LogP contribution >= 0.6 is 0 Å². The molecule has 10 heteroatoms. The highest BCUT2D eigenvalue weighted by Crippen LogP contribution is 2.25. The highest BCUT2D eigenvalue weighted by atomic mass is 16.6. The maximum Gasteiger partial charge on any atom is 0.410 e. The molecule has 0 spiro atoms. The highest BCUT2D eigenvalue weighted by molar-refractivity contribution is 5.90. The fraction of sp³-hybridized carbons (Fsp3) is 0.684. The molecule has 0 aliphatic carbocycles. The zero-order valence-corrected chi connectivity index (χ0v) is 17.7. The van der Waals surface area contributed by atoms with Crippen molar-refractivity contribution < 1.29 is 28.6 Å². The first-order valence-electron chi connectivity index (χ1n) is 9.64. The van der Waals surface area contributed by atoms with E-state index in [0.29, 0.717) is 18.5 Å². The van der Waals surface area contributed by atoms with Gasteiger partial charge in [-0.05, 0) is 34.1 Å². The number of rotatable bonds is 6. The number of amides is 1. The van der Waals surface area contributed by atoms with Crippen LogP contribution in [0.15, 0.2) is 0 Å². The summed E-state index contributed by atoms with van der Waals surface area (Å²) in [6.07, 6.45) is 0.283. The van der Waals surface area contributed by atoms with Crippen LogP contribution in [-0.4, -0.2) is 64.6 Å². The summed E-state index contributed by atoms with van der Waals surface area (Å²) in [5, 5.41) is 4.51. The van der Waals surface area contributed by atoms with Crippen LogP contribution in [0.2, 0.25) is 0 Å². The number of ether oxygens (including phenoxy) is 3. The summed E-state index contributed by atoms with van der Waals surface area (Å²) in [7, 11) is 1.27. The van der Waals surface area contributed by atoms with Crippen molar-refractivity contribution in [3.8, 4) is 0 Å². The molecule has 29 heavy (non-hydrogen) atoms. The zero-order valence-electron chi connectivity index (χ0n) is 17.7. The third-order valence-corrected chi connectivity index (χ3v) is 4.38. The fourth-order valence-corrected chi connectivity index (χ4v) is 3.03. The minimum absolute atomic E-state index is 0.196. The average molecular weight is 410 g/mol.